The third kappa shape index (κ3) is 3.97. The molecule has 152 valence electrons. The van der Waals surface area contributed by atoms with Gasteiger partial charge in [0, 0.05) is 12.5 Å². The number of rotatable bonds is 6. The Hall–Kier alpha value is -1.46. The van der Waals surface area contributed by atoms with Crippen molar-refractivity contribution >= 4 is 18.7 Å². The summed E-state index contributed by atoms with van der Waals surface area (Å²) < 4.78 is 12.5. The normalized spacial score (nSPS) is 25.8. The standard InChI is InChI=1S/C24H34O3Si/c1-19-20(18-26-24(19,5)25)16-17-27-28(23(2,3)4,21-12-8-6-9-13-21)22-14-10-7-11-15-22/h6-15,19-20,25H,16-18H2,1-5H3/t19-,20+,24?/m0/s1. The molecule has 1 heterocycles. The van der Waals surface area contributed by atoms with E-state index < -0.39 is 14.1 Å². The van der Waals surface area contributed by atoms with E-state index in [1.54, 1.807) is 6.92 Å². The number of hydrogen-bond donors (Lipinski definition) is 1. The molecule has 4 heteroatoms. The molecule has 3 rings (SSSR count). The molecule has 0 amide bonds. The van der Waals surface area contributed by atoms with Crippen LogP contribution in [0.5, 0.6) is 0 Å². The molecule has 3 atom stereocenters. The summed E-state index contributed by atoms with van der Waals surface area (Å²) in [6.45, 7) is 12.0. The highest BCUT2D eigenvalue weighted by Gasteiger charge is 2.50. The number of hydrogen-bond acceptors (Lipinski definition) is 3. The summed E-state index contributed by atoms with van der Waals surface area (Å²) in [5.41, 5.74) is 0. The van der Waals surface area contributed by atoms with E-state index in [2.05, 4.69) is 88.4 Å². The van der Waals surface area contributed by atoms with Crippen LogP contribution < -0.4 is 10.4 Å². The highest BCUT2D eigenvalue weighted by molar-refractivity contribution is 6.99. The van der Waals surface area contributed by atoms with Crippen LogP contribution in [0.3, 0.4) is 0 Å². The van der Waals surface area contributed by atoms with Crippen molar-refractivity contribution in [1.29, 1.82) is 0 Å². The summed E-state index contributed by atoms with van der Waals surface area (Å²) >= 11 is 0. The third-order valence-corrected chi connectivity index (χ3v) is 11.4. The van der Waals surface area contributed by atoms with Crippen LogP contribution in [0.25, 0.3) is 0 Å². The van der Waals surface area contributed by atoms with E-state index in [1.807, 2.05) is 0 Å². The van der Waals surface area contributed by atoms with Crippen LogP contribution in [0.15, 0.2) is 60.7 Å². The van der Waals surface area contributed by atoms with Crippen molar-refractivity contribution < 1.29 is 14.3 Å². The molecule has 3 nitrogen and oxygen atoms in total. The maximum Gasteiger partial charge on any atom is 0.261 e. The number of ether oxygens (including phenoxy) is 1. The fraction of sp³-hybridized carbons (Fsp3) is 0.500. The van der Waals surface area contributed by atoms with Crippen LogP contribution >= 0.6 is 0 Å². The molecular formula is C24H34O3Si. The second kappa shape index (κ2) is 8.11. The smallest absolute Gasteiger partial charge is 0.261 e. The topological polar surface area (TPSA) is 38.7 Å². The van der Waals surface area contributed by atoms with Crippen molar-refractivity contribution in [1.82, 2.24) is 0 Å². The minimum Gasteiger partial charge on any atom is -0.407 e. The van der Waals surface area contributed by atoms with E-state index in [-0.39, 0.29) is 11.0 Å². The van der Waals surface area contributed by atoms with Crippen molar-refractivity contribution in [2.45, 2.75) is 51.9 Å². The molecular weight excluding hydrogens is 364 g/mol. The van der Waals surface area contributed by atoms with E-state index in [0.29, 0.717) is 19.1 Å². The van der Waals surface area contributed by atoms with Gasteiger partial charge in [-0.2, -0.15) is 0 Å². The van der Waals surface area contributed by atoms with Gasteiger partial charge in [0.2, 0.25) is 0 Å². The molecule has 28 heavy (non-hydrogen) atoms. The van der Waals surface area contributed by atoms with Crippen LogP contribution in [-0.2, 0) is 9.16 Å². The molecule has 1 aliphatic heterocycles. The highest BCUT2D eigenvalue weighted by atomic mass is 28.4. The van der Waals surface area contributed by atoms with Crippen LogP contribution in [-0.4, -0.2) is 32.4 Å². The number of aliphatic hydroxyl groups is 1. The third-order valence-electron chi connectivity index (χ3n) is 6.37. The molecule has 1 N–H and O–H groups in total. The van der Waals surface area contributed by atoms with Gasteiger partial charge in [-0.05, 0) is 34.7 Å². The lowest BCUT2D eigenvalue weighted by molar-refractivity contribution is -0.176. The van der Waals surface area contributed by atoms with Crippen LogP contribution in [0.1, 0.15) is 41.0 Å². The fourth-order valence-electron chi connectivity index (χ4n) is 4.45. The summed E-state index contributed by atoms with van der Waals surface area (Å²) in [6.07, 6.45) is 0.891. The van der Waals surface area contributed by atoms with Gasteiger partial charge in [-0.15, -0.1) is 0 Å². The quantitative estimate of drug-likeness (QED) is 0.749. The Morgan fingerprint density at radius 1 is 1.04 bits per heavy atom. The predicted molar refractivity (Wildman–Crippen MR) is 117 cm³/mol. The first kappa shape index (κ1) is 21.3. The zero-order chi connectivity index (χ0) is 20.4. The first-order chi connectivity index (χ1) is 13.2. The molecule has 1 aliphatic rings. The van der Waals surface area contributed by atoms with Crippen molar-refractivity contribution in [3.63, 3.8) is 0 Å². The Balaban J connectivity index is 1.91. The first-order valence-electron chi connectivity index (χ1n) is 10.3. The Bertz CT molecular complexity index is 713. The largest absolute Gasteiger partial charge is 0.407 e. The van der Waals surface area contributed by atoms with Crippen molar-refractivity contribution in [3.05, 3.63) is 60.7 Å². The predicted octanol–water partition coefficient (Wildman–Crippen LogP) is 3.94. The second-order valence-electron chi connectivity index (χ2n) is 9.21. The molecule has 0 aromatic heterocycles. The van der Waals surface area contributed by atoms with E-state index in [4.69, 9.17) is 9.16 Å². The Labute approximate surface area is 170 Å². The van der Waals surface area contributed by atoms with Crippen molar-refractivity contribution in [2.75, 3.05) is 13.2 Å². The van der Waals surface area contributed by atoms with Crippen LogP contribution in [0.2, 0.25) is 5.04 Å². The minimum absolute atomic E-state index is 0.0149. The van der Waals surface area contributed by atoms with Crippen LogP contribution in [0.4, 0.5) is 0 Å². The highest BCUT2D eigenvalue weighted by Crippen LogP contribution is 2.39. The average molecular weight is 399 g/mol. The van der Waals surface area contributed by atoms with E-state index >= 15 is 0 Å². The molecule has 0 bridgehead atoms. The lowest BCUT2D eigenvalue weighted by Crippen LogP contribution is -2.66. The van der Waals surface area contributed by atoms with Crippen molar-refractivity contribution in [3.8, 4) is 0 Å². The van der Waals surface area contributed by atoms with Gasteiger partial charge in [0.05, 0.1) is 6.61 Å². The van der Waals surface area contributed by atoms with E-state index in [0.717, 1.165) is 6.42 Å². The fourth-order valence-corrected chi connectivity index (χ4v) is 9.03. The average Bonchev–Trinajstić information content (AvgIpc) is 2.92. The molecule has 0 radical (unpaired) electrons. The first-order valence-corrected chi connectivity index (χ1v) is 12.2. The maximum atomic E-state index is 10.3. The van der Waals surface area contributed by atoms with Gasteiger partial charge in [-0.25, -0.2) is 0 Å². The monoisotopic (exact) mass is 398 g/mol. The van der Waals surface area contributed by atoms with Gasteiger partial charge in [-0.3, -0.25) is 0 Å². The molecule has 0 aliphatic carbocycles. The zero-order valence-electron chi connectivity index (χ0n) is 17.8. The van der Waals surface area contributed by atoms with Gasteiger partial charge in [0.1, 0.15) is 0 Å². The Morgan fingerprint density at radius 3 is 1.93 bits per heavy atom. The summed E-state index contributed by atoms with van der Waals surface area (Å²) in [7, 11) is -2.48. The lowest BCUT2D eigenvalue weighted by atomic mass is 9.89. The second-order valence-corrected chi connectivity index (χ2v) is 13.5. The lowest BCUT2D eigenvalue weighted by Gasteiger charge is -2.43. The molecule has 0 spiro atoms. The summed E-state index contributed by atoms with van der Waals surface area (Å²) in [6, 6.07) is 21.4. The Kier molecular flexibility index (Phi) is 6.16. The molecule has 2 aromatic rings. The molecule has 0 saturated carbocycles. The zero-order valence-corrected chi connectivity index (χ0v) is 18.8. The van der Waals surface area contributed by atoms with Gasteiger partial charge in [0.15, 0.2) is 5.79 Å². The van der Waals surface area contributed by atoms with E-state index in [1.165, 1.54) is 10.4 Å². The van der Waals surface area contributed by atoms with Gasteiger partial charge >= 0.3 is 0 Å². The summed E-state index contributed by atoms with van der Waals surface area (Å²) in [4.78, 5) is 0. The molecule has 1 fully saturated rings. The molecule has 1 unspecified atom stereocenters. The van der Waals surface area contributed by atoms with Gasteiger partial charge in [-0.1, -0.05) is 88.4 Å². The number of benzene rings is 2. The van der Waals surface area contributed by atoms with Gasteiger partial charge < -0.3 is 14.3 Å². The SMILES string of the molecule is C[C@H]1[C@H](CCO[Si](c2ccccc2)(c2ccccc2)C(C)(C)C)COC1(C)O. The molecule has 2 aromatic carbocycles. The summed E-state index contributed by atoms with van der Waals surface area (Å²) in [5, 5.41) is 12.9. The van der Waals surface area contributed by atoms with Crippen molar-refractivity contribution in [2.24, 2.45) is 11.8 Å². The molecule has 1 saturated heterocycles. The Morgan fingerprint density at radius 2 is 1.54 bits per heavy atom. The summed E-state index contributed by atoms with van der Waals surface area (Å²) in [5.74, 6) is -0.606. The maximum absolute atomic E-state index is 10.3. The van der Waals surface area contributed by atoms with Gasteiger partial charge in [0.25, 0.3) is 8.32 Å². The minimum atomic E-state index is -2.48. The van der Waals surface area contributed by atoms with Crippen LogP contribution in [0, 0.1) is 11.8 Å². The van der Waals surface area contributed by atoms with E-state index in [9.17, 15) is 5.11 Å².